The van der Waals surface area contributed by atoms with Gasteiger partial charge in [0.2, 0.25) is 0 Å². The van der Waals surface area contributed by atoms with Crippen molar-refractivity contribution < 1.29 is 9.90 Å². The predicted molar refractivity (Wildman–Crippen MR) is 103 cm³/mol. The summed E-state index contributed by atoms with van der Waals surface area (Å²) >= 11 is 5.91. The van der Waals surface area contributed by atoms with Crippen molar-refractivity contribution in [3.8, 4) is 0 Å². The molecule has 1 aliphatic rings. The summed E-state index contributed by atoms with van der Waals surface area (Å²) in [6.07, 6.45) is 3.70. The number of carbonyl (C=O) groups excluding carboxylic acids is 1. The van der Waals surface area contributed by atoms with Crippen molar-refractivity contribution in [3.05, 3.63) is 58.7 Å². The van der Waals surface area contributed by atoms with Crippen LogP contribution in [0.25, 0.3) is 0 Å². The van der Waals surface area contributed by atoms with E-state index in [2.05, 4.69) is 17.2 Å². The number of nitrogens with zero attached hydrogens (tertiary/aromatic N) is 2. The minimum atomic E-state index is -0.287. The molecule has 0 bridgehead atoms. The number of likely N-dealkylation sites (tertiary alicyclic amines) is 1. The normalized spacial score (nSPS) is 16.3. The second-order valence-electron chi connectivity index (χ2n) is 6.84. The van der Waals surface area contributed by atoms with Crippen LogP contribution in [0.3, 0.4) is 0 Å². The van der Waals surface area contributed by atoms with E-state index in [-0.39, 0.29) is 18.6 Å². The van der Waals surface area contributed by atoms with Crippen molar-refractivity contribution in [1.29, 1.82) is 0 Å². The Kier molecular flexibility index (Phi) is 6.12. The summed E-state index contributed by atoms with van der Waals surface area (Å²) in [6, 6.07) is 10.6. The molecule has 0 saturated carbocycles. The van der Waals surface area contributed by atoms with Crippen LogP contribution in [0.1, 0.15) is 41.7 Å². The lowest BCUT2D eigenvalue weighted by Crippen LogP contribution is -2.37. The minimum Gasteiger partial charge on any atom is -0.394 e. The first-order valence-electron chi connectivity index (χ1n) is 8.95. The van der Waals surface area contributed by atoms with Crippen LogP contribution in [-0.4, -0.2) is 40.6 Å². The highest BCUT2D eigenvalue weighted by molar-refractivity contribution is 6.30. The van der Waals surface area contributed by atoms with Gasteiger partial charge >= 0.3 is 0 Å². The average Bonchev–Trinajstić information content (AvgIpc) is 2.67. The lowest BCUT2D eigenvalue weighted by Gasteiger charge is -2.30. The molecule has 3 rings (SSSR count). The molecule has 2 N–H and O–H groups in total. The van der Waals surface area contributed by atoms with E-state index in [0.717, 1.165) is 31.5 Å². The fourth-order valence-corrected chi connectivity index (χ4v) is 3.23. The predicted octanol–water partition coefficient (Wildman–Crippen LogP) is 3.75. The van der Waals surface area contributed by atoms with Gasteiger partial charge in [-0.1, -0.05) is 30.7 Å². The average molecular weight is 374 g/mol. The molecule has 1 aliphatic heterocycles. The monoisotopic (exact) mass is 373 g/mol. The number of hydrogen-bond acceptors (Lipinski definition) is 4. The molecular weight excluding hydrogens is 350 g/mol. The lowest BCUT2D eigenvalue weighted by atomic mass is 9.99. The zero-order valence-electron chi connectivity index (χ0n) is 14.9. The number of nitrogens with one attached hydrogen (secondary N) is 1. The smallest absolute Gasteiger partial charge is 0.255 e. The SMILES string of the molecule is CC1CCN(C(=O)c2ccc(NC(CO)c3ccc(Cl)cc3)nc2)CC1. The molecule has 0 aliphatic carbocycles. The number of pyridine rings is 1. The van der Waals surface area contributed by atoms with Crippen molar-refractivity contribution >= 4 is 23.3 Å². The first kappa shape index (κ1) is 18.7. The van der Waals surface area contributed by atoms with Crippen LogP contribution < -0.4 is 5.32 Å². The van der Waals surface area contributed by atoms with E-state index >= 15 is 0 Å². The van der Waals surface area contributed by atoms with Gasteiger partial charge in [0.05, 0.1) is 18.2 Å². The lowest BCUT2D eigenvalue weighted by molar-refractivity contribution is 0.0697. The number of carbonyl (C=O) groups is 1. The second kappa shape index (κ2) is 8.52. The Morgan fingerprint density at radius 1 is 1.27 bits per heavy atom. The molecule has 1 atom stereocenters. The van der Waals surface area contributed by atoms with Crippen LogP contribution in [0.2, 0.25) is 5.02 Å². The molecule has 2 heterocycles. The van der Waals surface area contributed by atoms with E-state index < -0.39 is 0 Å². The Hall–Kier alpha value is -2.11. The molecule has 138 valence electrons. The largest absolute Gasteiger partial charge is 0.394 e. The summed E-state index contributed by atoms with van der Waals surface area (Å²) in [7, 11) is 0. The molecule has 26 heavy (non-hydrogen) atoms. The molecule has 1 fully saturated rings. The van der Waals surface area contributed by atoms with Crippen LogP contribution in [0, 0.1) is 5.92 Å². The van der Waals surface area contributed by atoms with E-state index in [0.29, 0.717) is 22.3 Å². The number of aromatic nitrogens is 1. The van der Waals surface area contributed by atoms with Gasteiger partial charge in [0.25, 0.3) is 5.91 Å². The zero-order chi connectivity index (χ0) is 18.5. The first-order chi connectivity index (χ1) is 12.6. The summed E-state index contributed by atoms with van der Waals surface area (Å²) in [5.41, 5.74) is 1.51. The van der Waals surface area contributed by atoms with Gasteiger partial charge in [-0.3, -0.25) is 4.79 Å². The quantitative estimate of drug-likeness (QED) is 0.837. The van der Waals surface area contributed by atoms with E-state index in [9.17, 15) is 9.90 Å². The van der Waals surface area contributed by atoms with Gasteiger partial charge in [0, 0.05) is 24.3 Å². The molecule has 1 aromatic heterocycles. The molecule has 1 aromatic carbocycles. The highest BCUT2D eigenvalue weighted by Gasteiger charge is 2.21. The number of rotatable bonds is 5. The van der Waals surface area contributed by atoms with Crippen LogP contribution in [-0.2, 0) is 0 Å². The topological polar surface area (TPSA) is 65.5 Å². The maximum atomic E-state index is 12.6. The van der Waals surface area contributed by atoms with Gasteiger partial charge in [-0.15, -0.1) is 0 Å². The maximum absolute atomic E-state index is 12.6. The Labute approximate surface area is 159 Å². The van der Waals surface area contributed by atoms with Gasteiger partial charge in [0.15, 0.2) is 0 Å². The number of hydrogen-bond donors (Lipinski definition) is 2. The third kappa shape index (κ3) is 4.54. The summed E-state index contributed by atoms with van der Waals surface area (Å²) in [6.45, 7) is 3.77. The van der Waals surface area contributed by atoms with Crippen LogP contribution in [0.15, 0.2) is 42.6 Å². The molecule has 2 aromatic rings. The third-order valence-corrected chi connectivity index (χ3v) is 5.11. The van der Waals surface area contributed by atoms with Gasteiger partial charge in [0.1, 0.15) is 5.82 Å². The summed E-state index contributed by atoms with van der Waals surface area (Å²) in [4.78, 5) is 18.8. The van der Waals surface area contributed by atoms with Crippen molar-refractivity contribution in [2.45, 2.75) is 25.8 Å². The number of amides is 1. The van der Waals surface area contributed by atoms with Crippen LogP contribution >= 0.6 is 11.6 Å². The van der Waals surface area contributed by atoms with Crippen molar-refractivity contribution in [3.63, 3.8) is 0 Å². The number of aliphatic hydroxyl groups excluding tert-OH is 1. The number of piperidine rings is 1. The Bertz CT molecular complexity index is 726. The summed E-state index contributed by atoms with van der Waals surface area (Å²) < 4.78 is 0. The van der Waals surface area contributed by atoms with E-state index in [1.807, 2.05) is 17.0 Å². The molecule has 1 amide bonds. The fraction of sp³-hybridized carbons (Fsp3) is 0.400. The molecule has 6 heteroatoms. The van der Waals surface area contributed by atoms with Crippen molar-refractivity contribution in [2.75, 3.05) is 25.0 Å². The van der Waals surface area contributed by atoms with E-state index in [1.54, 1.807) is 30.5 Å². The maximum Gasteiger partial charge on any atom is 0.255 e. The first-order valence-corrected chi connectivity index (χ1v) is 9.33. The molecule has 0 radical (unpaired) electrons. The molecule has 0 spiro atoms. The minimum absolute atomic E-state index is 0.0346. The number of aliphatic hydroxyl groups is 1. The van der Waals surface area contributed by atoms with E-state index in [1.165, 1.54) is 0 Å². The van der Waals surface area contributed by atoms with Crippen LogP contribution in [0.4, 0.5) is 5.82 Å². The highest BCUT2D eigenvalue weighted by atomic mass is 35.5. The van der Waals surface area contributed by atoms with Crippen molar-refractivity contribution in [2.24, 2.45) is 5.92 Å². The number of benzene rings is 1. The molecule has 1 saturated heterocycles. The van der Waals surface area contributed by atoms with E-state index in [4.69, 9.17) is 11.6 Å². The van der Waals surface area contributed by atoms with Gasteiger partial charge in [-0.05, 0) is 48.6 Å². The summed E-state index contributed by atoms with van der Waals surface area (Å²) in [5.74, 6) is 1.34. The van der Waals surface area contributed by atoms with Crippen LogP contribution in [0.5, 0.6) is 0 Å². The fourth-order valence-electron chi connectivity index (χ4n) is 3.11. The Balaban J connectivity index is 1.65. The highest BCUT2D eigenvalue weighted by Crippen LogP contribution is 2.21. The van der Waals surface area contributed by atoms with Crippen molar-refractivity contribution in [1.82, 2.24) is 9.88 Å². The third-order valence-electron chi connectivity index (χ3n) is 4.86. The van der Waals surface area contributed by atoms with Gasteiger partial charge < -0.3 is 15.3 Å². The summed E-state index contributed by atoms with van der Waals surface area (Å²) in [5, 5.41) is 13.5. The number of halogens is 1. The molecule has 1 unspecified atom stereocenters. The Morgan fingerprint density at radius 3 is 2.54 bits per heavy atom. The second-order valence-corrected chi connectivity index (χ2v) is 7.27. The Morgan fingerprint density at radius 2 is 1.96 bits per heavy atom. The van der Waals surface area contributed by atoms with Gasteiger partial charge in [-0.25, -0.2) is 4.98 Å². The number of anilines is 1. The zero-order valence-corrected chi connectivity index (χ0v) is 15.6. The standard InChI is InChI=1S/C20H24ClN3O2/c1-14-8-10-24(11-9-14)20(26)16-4-7-19(22-12-16)23-18(13-25)15-2-5-17(21)6-3-15/h2-7,12,14,18,25H,8-11,13H2,1H3,(H,22,23). The van der Waals surface area contributed by atoms with Gasteiger partial charge in [-0.2, -0.15) is 0 Å². The molecule has 5 nitrogen and oxygen atoms in total. The molecular formula is C20H24ClN3O2.